The zero-order chi connectivity index (χ0) is 21.2. The number of hydrogen-bond acceptors (Lipinski definition) is 4. The van der Waals surface area contributed by atoms with Gasteiger partial charge >= 0.3 is 0 Å². The summed E-state index contributed by atoms with van der Waals surface area (Å²) < 4.78 is 11.8. The SMILES string of the molecule is CCCCOc1ccc(N(C)CCC2(OC)CCN(Cc3ccccc3)CC2)cc1.Cl.Cl. The summed E-state index contributed by atoms with van der Waals surface area (Å²) in [7, 11) is 4.05. The van der Waals surface area contributed by atoms with Crippen molar-refractivity contribution in [3.8, 4) is 5.75 Å². The molecule has 0 bridgehead atoms. The van der Waals surface area contributed by atoms with Gasteiger partial charge in [-0.15, -0.1) is 24.8 Å². The number of halogens is 2. The first-order chi connectivity index (χ1) is 14.6. The number of ether oxygens (including phenoxy) is 2. The Hall–Kier alpha value is -1.46. The van der Waals surface area contributed by atoms with Gasteiger partial charge in [0.2, 0.25) is 0 Å². The van der Waals surface area contributed by atoms with E-state index in [9.17, 15) is 0 Å². The van der Waals surface area contributed by atoms with Crippen molar-refractivity contribution in [3.63, 3.8) is 0 Å². The minimum Gasteiger partial charge on any atom is -0.494 e. The number of anilines is 1. The van der Waals surface area contributed by atoms with Crippen molar-refractivity contribution in [2.75, 3.05) is 45.3 Å². The van der Waals surface area contributed by atoms with E-state index in [2.05, 4.69) is 78.4 Å². The van der Waals surface area contributed by atoms with E-state index < -0.39 is 0 Å². The van der Waals surface area contributed by atoms with E-state index >= 15 is 0 Å². The summed E-state index contributed by atoms with van der Waals surface area (Å²) in [5.41, 5.74) is 2.61. The summed E-state index contributed by atoms with van der Waals surface area (Å²) in [6.45, 7) is 7.19. The molecule has 2 aromatic rings. The molecule has 1 aliphatic rings. The van der Waals surface area contributed by atoms with Gasteiger partial charge in [-0.1, -0.05) is 43.7 Å². The van der Waals surface area contributed by atoms with Crippen molar-refractivity contribution in [1.29, 1.82) is 0 Å². The number of benzene rings is 2. The molecule has 3 rings (SSSR count). The molecule has 32 heavy (non-hydrogen) atoms. The van der Waals surface area contributed by atoms with Crippen LogP contribution in [0.25, 0.3) is 0 Å². The first kappa shape index (κ1) is 28.6. The van der Waals surface area contributed by atoms with Gasteiger partial charge in [0.15, 0.2) is 0 Å². The lowest BCUT2D eigenvalue weighted by atomic mass is 9.87. The molecule has 0 unspecified atom stereocenters. The Morgan fingerprint density at radius 1 is 0.969 bits per heavy atom. The molecule has 4 nitrogen and oxygen atoms in total. The molecule has 0 aliphatic carbocycles. The molecule has 0 aromatic heterocycles. The van der Waals surface area contributed by atoms with E-state index in [1.165, 1.54) is 11.3 Å². The molecule has 6 heteroatoms. The number of unbranched alkanes of at least 4 members (excludes halogenated alkanes) is 1. The third kappa shape index (κ3) is 8.47. The average molecular weight is 484 g/mol. The third-order valence-corrected chi connectivity index (χ3v) is 6.40. The van der Waals surface area contributed by atoms with Crippen LogP contribution in [-0.4, -0.2) is 50.9 Å². The van der Waals surface area contributed by atoms with Crippen molar-refractivity contribution in [1.82, 2.24) is 4.90 Å². The smallest absolute Gasteiger partial charge is 0.119 e. The van der Waals surface area contributed by atoms with Gasteiger partial charge < -0.3 is 14.4 Å². The van der Waals surface area contributed by atoms with Gasteiger partial charge in [0.05, 0.1) is 12.2 Å². The zero-order valence-corrected chi connectivity index (χ0v) is 21.4. The van der Waals surface area contributed by atoms with Crippen LogP contribution in [0.5, 0.6) is 5.75 Å². The molecular weight excluding hydrogens is 443 g/mol. The van der Waals surface area contributed by atoms with Gasteiger partial charge in [0.25, 0.3) is 0 Å². The van der Waals surface area contributed by atoms with E-state index in [0.29, 0.717) is 0 Å². The van der Waals surface area contributed by atoms with E-state index in [1.807, 2.05) is 7.11 Å². The topological polar surface area (TPSA) is 24.9 Å². The fourth-order valence-electron chi connectivity index (χ4n) is 4.15. The van der Waals surface area contributed by atoms with E-state index in [-0.39, 0.29) is 30.4 Å². The Balaban J connectivity index is 0.00000256. The standard InChI is InChI=1S/C26H38N2O2.2ClH/c1-4-5-21-30-25-13-11-24(12-14-25)27(2)18-15-26(29-3)16-19-28(20-17-26)22-23-9-7-6-8-10-23;;/h6-14H,4-5,15-22H2,1-3H3;2*1H. The second-order valence-electron chi connectivity index (χ2n) is 8.52. The maximum atomic E-state index is 6.06. The van der Waals surface area contributed by atoms with Crippen molar-refractivity contribution in [2.45, 2.75) is 51.2 Å². The number of likely N-dealkylation sites (tertiary alicyclic amines) is 1. The van der Waals surface area contributed by atoms with Crippen LogP contribution in [0.1, 0.15) is 44.6 Å². The van der Waals surface area contributed by atoms with Crippen LogP contribution >= 0.6 is 24.8 Å². The largest absolute Gasteiger partial charge is 0.494 e. The van der Waals surface area contributed by atoms with Crippen LogP contribution in [0, 0.1) is 0 Å². The molecule has 0 N–H and O–H groups in total. The second-order valence-corrected chi connectivity index (χ2v) is 8.52. The molecule has 1 heterocycles. The number of rotatable bonds is 11. The van der Waals surface area contributed by atoms with Gasteiger partial charge in [0.1, 0.15) is 5.75 Å². The van der Waals surface area contributed by atoms with Crippen molar-refractivity contribution in [3.05, 3.63) is 60.2 Å². The van der Waals surface area contributed by atoms with Gasteiger partial charge in [-0.25, -0.2) is 0 Å². The molecule has 0 saturated carbocycles. The second kappa shape index (κ2) is 14.6. The highest BCUT2D eigenvalue weighted by molar-refractivity contribution is 5.85. The van der Waals surface area contributed by atoms with Crippen LogP contribution in [0.2, 0.25) is 0 Å². The lowest BCUT2D eigenvalue weighted by Crippen LogP contribution is -2.46. The maximum Gasteiger partial charge on any atom is 0.119 e. The van der Waals surface area contributed by atoms with Crippen LogP contribution in [0.3, 0.4) is 0 Å². The highest BCUT2D eigenvalue weighted by Crippen LogP contribution is 2.31. The lowest BCUT2D eigenvalue weighted by molar-refractivity contribution is -0.0622. The molecule has 0 spiro atoms. The summed E-state index contributed by atoms with van der Waals surface area (Å²) in [6.07, 6.45) is 5.49. The minimum absolute atomic E-state index is 0. The van der Waals surface area contributed by atoms with Crippen LogP contribution in [-0.2, 0) is 11.3 Å². The summed E-state index contributed by atoms with van der Waals surface area (Å²) in [5, 5.41) is 0. The minimum atomic E-state index is -0.00927. The number of hydrogen-bond donors (Lipinski definition) is 0. The summed E-state index contributed by atoms with van der Waals surface area (Å²) in [6, 6.07) is 19.2. The van der Waals surface area contributed by atoms with Crippen molar-refractivity contribution < 1.29 is 9.47 Å². The van der Waals surface area contributed by atoms with Crippen LogP contribution in [0.4, 0.5) is 5.69 Å². The summed E-state index contributed by atoms with van der Waals surface area (Å²) in [5.74, 6) is 0.958. The van der Waals surface area contributed by atoms with Crippen LogP contribution < -0.4 is 9.64 Å². The number of methoxy groups -OCH3 is 1. The first-order valence-electron chi connectivity index (χ1n) is 11.4. The predicted molar refractivity (Wildman–Crippen MR) is 140 cm³/mol. The Labute approximate surface area is 207 Å². The molecular formula is C26H40Cl2N2O2. The number of nitrogens with zero attached hydrogens (tertiary/aromatic N) is 2. The summed E-state index contributed by atoms with van der Waals surface area (Å²) in [4.78, 5) is 4.88. The maximum absolute atomic E-state index is 6.06. The number of piperidine rings is 1. The Morgan fingerprint density at radius 3 is 2.22 bits per heavy atom. The fourth-order valence-corrected chi connectivity index (χ4v) is 4.15. The first-order valence-corrected chi connectivity index (χ1v) is 11.4. The summed E-state index contributed by atoms with van der Waals surface area (Å²) >= 11 is 0. The predicted octanol–water partition coefficient (Wildman–Crippen LogP) is 6.22. The lowest BCUT2D eigenvalue weighted by Gasteiger charge is -2.42. The normalized spacial score (nSPS) is 15.3. The van der Waals surface area contributed by atoms with Crippen molar-refractivity contribution in [2.24, 2.45) is 0 Å². The zero-order valence-electron chi connectivity index (χ0n) is 19.8. The Kier molecular flexibility index (Phi) is 13.1. The fraction of sp³-hybridized carbons (Fsp3) is 0.538. The molecule has 0 amide bonds. The third-order valence-electron chi connectivity index (χ3n) is 6.40. The van der Waals surface area contributed by atoms with E-state index in [4.69, 9.17) is 9.47 Å². The highest BCUT2D eigenvalue weighted by atomic mass is 35.5. The Bertz CT molecular complexity index is 735. The van der Waals surface area contributed by atoms with Crippen molar-refractivity contribution >= 4 is 30.5 Å². The monoisotopic (exact) mass is 482 g/mol. The molecule has 0 atom stereocenters. The van der Waals surface area contributed by atoms with Crippen LogP contribution in [0.15, 0.2) is 54.6 Å². The highest BCUT2D eigenvalue weighted by Gasteiger charge is 2.34. The molecule has 1 fully saturated rings. The molecule has 1 aliphatic heterocycles. The Morgan fingerprint density at radius 2 is 1.62 bits per heavy atom. The average Bonchev–Trinajstić information content (AvgIpc) is 2.80. The van der Waals surface area contributed by atoms with E-state index in [0.717, 1.165) is 70.6 Å². The molecule has 2 aromatic carbocycles. The van der Waals surface area contributed by atoms with E-state index in [1.54, 1.807) is 0 Å². The van der Waals surface area contributed by atoms with Gasteiger partial charge in [-0.05, 0) is 55.5 Å². The molecule has 1 saturated heterocycles. The quantitative estimate of drug-likeness (QED) is 0.355. The molecule has 180 valence electrons. The van der Waals surface area contributed by atoms with Gasteiger partial charge in [0, 0.05) is 46.0 Å². The molecule has 0 radical (unpaired) electrons. The van der Waals surface area contributed by atoms with Gasteiger partial charge in [-0.2, -0.15) is 0 Å². The van der Waals surface area contributed by atoms with Gasteiger partial charge in [-0.3, -0.25) is 4.90 Å².